The van der Waals surface area contributed by atoms with Gasteiger partial charge in [-0.05, 0) is 19.1 Å². The molecule has 0 fully saturated rings. The van der Waals surface area contributed by atoms with Crippen LogP contribution in [0.2, 0.25) is 0 Å². The molecule has 0 saturated carbocycles. The summed E-state index contributed by atoms with van der Waals surface area (Å²) in [7, 11) is 0. The van der Waals surface area contributed by atoms with Crippen molar-refractivity contribution < 1.29 is 60.8 Å². The topological polar surface area (TPSA) is 42.3 Å². The summed E-state index contributed by atoms with van der Waals surface area (Å²) in [5.41, 5.74) is 4.07. The van der Waals surface area contributed by atoms with Gasteiger partial charge in [-0.1, -0.05) is 39.2 Å². The van der Waals surface area contributed by atoms with Gasteiger partial charge in [-0.15, -0.1) is 48.0 Å². The van der Waals surface area contributed by atoms with Gasteiger partial charge >= 0.3 is 48.1 Å². The third-order valence-electron chi connectivity index (χ3n) is 6.65. The molecule has 236 valence electrons. The summed E-state index contributed by atoms with van der Waals surface area (Å²) in [6.07, 6.45) is 15.7. The Morgan fingerprint density at radius 2 is 1.44 bits per heavy atom. The third kappa shape index (κ3) is 9.51. The van der Waals surface area contributed by atoms with Crippen LogP contribution in [0.5, 0.6) is 23.0 Å². The van der Waals surface area contributed by atoms with E-state index in [4.69, 9.17) is 15.9 Å². The molecule has 0 bridgehead atoms. The van der Waals surface area contributed by atoms with Gasteiger partial charge in [0.1, 0.15) is 5.69 Å². The number of ether oxygens (including phenoxy) is 2. The largest absolute Gasteiger partial charge is 4.00 e. The number of para-hydroxylation sites is 1. The summed E-state index contributed by atoms with van der Waals surface area (Å²) in [6, 6.07) is 52.0. The van der Waals surface area contributed by atoms with Gasteiger partial charge in [0.2, 0.25) is 6.20 Å². The summed E-state index contributed by atoms with van der Waals surface area (Å²) in [5.74, 6) is 2.39. The second-order valence-corrected chi connectivity index (χ2v) is 9.79. The molecule has 1 aliphatic rings. The van der Waals surface area contributed by atoms with E-state index in [9.17, 15) is 0 Å². The van der Waals surface area contributed by atoms with Crippen LogP contribution in [-0.4, -0.2) is 31.3 Å². The minimum absolute atomic E-state index is 0. The summed E-state index contributed by atoms with van der Waals surface area (Å²) in [6.45, 7) is 2.92. The predicted molar refractivity (Wildman–Crippen MR) is 174 cm³/mol. The van der Waals surface area contributed by atoms with Gasteiger partial charge in [0, 0.05) is 35.4 Å². The maximum atomic E-state index is 6.57. The van der Waals surface area contributed by atoms with Gasteiger partial charge in [-0.3, -0.25) is 11.1 Å². The van der Waals surface area contributed by atoms with Crippen LogP contribution in [-0.2, 0) is 42.1 Å². The van der Waals surface area contributed by atoms with Crippen LogP contribution in [0.4, 0.5) is 5.69 Å². The van der Waals surface area contributed by atoms with Crippen LogP contribution in [0, 0.1) is 42.8 Å². The fraction of sp³-hybridized carbons (Fsp3) is 0.0500. The van der Waals surface area contributed by atoms with Crippen LogP contribution < -0.4 is 9.47 Å². The molecular formula is C40H26N4O2Pt2+2. The minimum Gasteiger partial charge on any atom is -0.669 e. The van der Waals surface area contributed by atoms with E-state index < -0.39 is 0 Å². The van der Waals surface area contributed by atoms with Crippen LogP contribution in [0.3, 0.4) is 0 Å². The molecule has 7 rings (SSSR count). The maximum Gasteiger partial charge on any atom is 4.00 e. The number of aromatic nitrogens is 2. The number of hydrogen-bond donors (Lipinski definition) is 0. The van der Waals surface area contributed by atoms with Crippen molar-refractivity contribution in [1.29, 1.82) is 0 Å². The first-order chi connectivity index (χ1) is 22.7. The molecule has 4 aromatic carbocycles. The second-order valence-electron chi connectivity index (χ2n) is 9.79. The van der Waals surface area contributed by atoms with E-state index in [0.717, 1.165) is 34.6 Å². The minimum atomic E-state index is 0. The number of rotatable bonds is 8. The van der Waals surface area contributed by atoms with Gasteiger partial charge in [0.15, 0.2) is 6.54 Å². The number of benzene rings is 4. The van der Waals surface area contributed by atoms with Gasteiger partial charge < -0.3 is 25.4 Å². The third-order valence-corrected chi connectivity index (χ3v) is 6.65. The Kier molecular flexibility index (Phi) is 13.3. The number of hydrogen-bond acceptors (Lipinski definition) is 3. The molecule has 0 N–H and O–H groups in total. The first kappa shape index (κ1) is 35.8. The van der Waals surface area contributed by atoms with E-state index in [0.29, 0.717) is 23.0 Å². The van der Waals surface area contributed by atoms with Crippen molar-refractivity contribution in [3.63, 3.8) is 0 Å². The molecule has 0 atom stereocenters. The fourth-order valence-electron chi connectivity index (χ4n) is 4.40. The fourth-order valence-corrected chi connectivity index (χ4v) is 4.40. The zero-order valence-corrected chi connectivity index (χ0v) is 30.1. The van der Waals surface area contributed by atoms with Gasteiger partial charge in [-0.2, -0.15) is 36.4 Å². The molecule has 6 aromatic rings. The average molecular weight is 985 g/mol. The van der Waals surface area contributed by atoms with Crippen molar-refractivity contribution in [3.8, 4) is 51.4 Å². The molecule has 6 nitrogen and oxygen atoms in total. The number of nitrogens with zero attached hydrogens (tertiary/aromatic N) is 4. The molecular weight excluding hydrogens is 959 g/mol. The smallest absolute Gasteiger partial charge is 0.669 e. The Morgan fingerprint density at radius 3 is 2.10 bits per heavy atom. The predicted octanol–water partition coefficient (Wildman–Crippen LogP) is 8.21. The van der Waals surface area contributed by atoms with Crippen LogP contribution >= 0.6 is 0 Å². The molecule has 1 aliphatic heterocycles. The van der Waals surface area contributed by atoms with E-state index >= 15 is 0 Å². The zero-order valence-electron chi connectivity index (χ0n) is 25.6. The normalized spacial score (nSPS) is 11.0. The van der Waals surface area contributed by atoms with Crippen molar-refractivity contribution in [2.45, 2.75) is 6.92 Å². The molecule has 0 radical (unpaired) electrons. The molecule has 2 aromatic heterocycles. The van der Waals surface area contributed by atoms with Gasteiger partial charge in [0.25, 0.3) is 6.20 Å². The molecule has 8 heteroatoms. The van der Waals surface area contributed by atoms with E-state index in [2.05, 4.69) is 54.3 Å². The maximum absolute atomic E-state index is 6.57. The van der Waals surface area contributed by atoms with Gasteiger partial charge in [0.05, 0.1) is 0 Å². The standard InChI is InChI=1S/C34H22N3O2.C6H4N.2Pt/c1-2-36-19-20-37(25-36)29-11-8-16-33(24-29)39-32-15-7-10-28(22-32)34-23-27(17-18-35-34)26-9-6-14-31(21-26)38-30-12-4-3-5-13-30;1-2-7-5-3-4-6-7;;/h3-12,14-16,18-20,23H,2H2,1H3;3-6H;;/q-3;-1;+2;+4. The zero-order chi connectivity index (χ0) is 31.6. The Balaban J connectivity index is 0.000000516. The van der Waals surface area contributed by atoms with Crippen molar-refractivity contribution in [2.24, 2.45) is 0 Å². The molecule has 0 spiro atoms. The van der Waals surface area contributed by atoms with E-state index in [1.165, 1.54) is 0 Å². The summed E-state index contributed by atoms with van der Waals surface area (Å²) in [5, 5.41) is 0. The van der Waals surface area contributed by atoms with E-state index in [1.807, 2.05) is 119 Å². The Hall–Kier alpha value is -5.03. The van der Waals surface area contributed by atoms with Crippen molar-refractivity contribution in [1.82, 2.24) is 9.55 Å². The molecule has 0 unspecified atom stereocenters. The van der Waals surface area contributed by atoms with Crippen LogP contribution in [0.1, 0.15) is 6.92 Å². The van der Waals surface area contributed by atoms with Gasteiger partial charge in [-0.25, -0.2) is 24.2 Å². The van der Waals surface area contributed by atoms with Crippen molar-refractivity contribution >= 4 is 11.7 Å². The molecule has 0 saturated heterocycles. The Labute approximate surface area is 309 Å². The average Bonchev–Trinajstić information content (AvgIpc) is 3.83. The SMILES string of the molecule is CC[N+]1=C=[N+](c2[c-]c(Oc3[c-]c(-c4cc(-c5[c-]c(Oc6[c-]cccc6)ccc5)[c-]cn4)ccc3)ccc2)C=C1.[C-]#Cn1cccc1.[Pt+2].[Pt+4]. The summed E-state index contributed by atoms with van der Waals surface area (Å²) >= 11 is 0. The second kappa shape index (κ2) is 17.8. The molecule has 3 heterocycles. The summed E-state index contributed by atoms with van der Waals surface area (Å²) in [4.78, 5) is 4.53. The number of pyridine rings is 1. The molecule has 48 heavy (non-hydrogen) atoms. The monoisotopic (exact) mass is 984 g/mol. The van der Waals surface area contributed by atoms with Crippen molar-refractivity contribution in [3.05, 3.63) is 165 Å². The quantitative estimate of drug-likeness (QED) is 0.0879. The summed E-state index contributed by atoms with van der Waals surface area (Å²) < 4.78 is 17.4. The molecule has 0 aliphatic carbocycles. The van der Waals surface area contributed by atoms with E-state index in [1.54, 1.807) is 23.2 Å². The Morgan fingerprint density at radius 1 is 0.771 bits per heavy atom. The van der Waals surface area contributed by atoms with Crippen LogP contribution in [0.25, 0.3) is 22.4 Å². The first-order valence-electron chi connectivity index (χ1n) is 14.5. The first-order valence-corrected chi connectivity index (χ1v) is 14.5. The molecule has 0 amide bonds. The Bertz CT molecular complexity index is 2100. The van der Waals surface area contributed by atoms with Crippen LogP contribution in [0.15, 0.2) is 128 Å². The van der Waals surface area contributed by atoms with E-state index in [-0.39, 0.29) is 42.1 Å². The van der Waals surface area contributed by atoms with Crippen molar-refractivity contribution in [2.75, 3.05) is 6.54 Å².